The number of rotatable bonds is 9. The first-order valence-electron chi connectivity index (χ1n) is 9.26. The number of hydrogen-bond acceptors (Lipinski definition) is 7. The van der Waals surface area contributed by atoms with Gasteiger partial charge in [0.1, 0.15) is 6.61 Å². The number of ether oxygens (including phenoxy) is 2. The lowest BCUT2D eigenvalue weighted by atomic mass is 10.1. The maximum atomic E-state index is 13.1. The zero-order chi connectivity index (χ0) is 21.5. The molecule has 156 valence electrons. The van der Waals surface area contributed by atoms with Gasteiger partial charge in [-0.3, -0.25) is 9.59 Å². The van der Waals surface area contributed by atoms with Gasteiger partial charge in [-0.15, -0.1) is 11.8 Å². The first-order chi connectivity index (χ1) is 14.6. The molecule has 1 aliphatic rings. The van der Waals surface area contributed by atoms with E-state index >= 15 is 0 Å². The number of aliphatic hydroxyl groups excluding tert-OH is 1. The quantitative estimate of drug-likeness (QED) is 0.373. The summed E-state index contributed by atoms with van der Waals surface area (Å²) in [6.07, 6.45) is 0. The fourth-order valence-corrected chi connectivity index (χ4v) is 3.79. The summed E-state index contributed by atoms with van der Waals surface area (Å²) in [7, 11) is 1.51. The van der Waals surface area contributed by atoms with E-state index in [1.807, 2.05) is 6.07 Å². The molecule has 0 saturated carbocycles. The van der Waals surface area contributed by atoms with Crippen molar-refractivity contribution in [1.82, 2.24) is 0 Å². The number of thioether (sulfide) groups is 1. The van der Waals surface area contributed by atoms with E-state index in [9.17, 15) is 19.5 Å². The largest absolute Gasteiger partial charge is 0.460 e. The van der Waals surface area contributed by atoms with E-state index in [4.69, 9.17) is 9.47 Å². The number of carbonyl (C=O) groups is 3. The molecule has 0 radical (unpaired) electrons. The van der Waals surface area contributed by atoms with E-state index in [0.29, 0.717) is 39.7 Å². The fourth-order valence-electron chi connectivity index (χ4n) is 2.93. The second kappa shape index (κ2) is 10.2. The number of imide groups is 1. The lowest BCUT2D eigenvalue weighted by Crippen LogP contribution is -2.31. The van der Waals surface area contributed by atoms with Crippen molar-refractivity contribution >= 4 is 40.8 Å². The standard InChI is InChI=1S/C22H21NO6S/c1-28-12-13-29-22(27)16-7-9-17(10-8-16)23-20(25)18(15-5-3-2-4-6-15)19(21(23)26)30-14-11-24/h2-10,24H,11-14H2,1H3. The monoisotopic (exact) mass is 427 g/mol. The summed E-state index contributed by atoms with van der Waals surface area (Å²) >= 11 is 1.15. The number of anilines is 1. The fraction of sp³-hybridized carbons (Fsp3) is 0.227. The minimum absolute atomic E-state index is 0.114. The minimum atomic E-state index is -0.514. The van der Waals surface area contributed by atoms with Gasteiger partial charge in [0.25, 0.3) is 11.8 Å². The topological polar surface area (TPSA) is 93.1 Å². The molecule has 3 rings (SSSR count). The average Bonchev–Trinajstić information content (AvgIpc) is 3.02. The van der Waals surface area contributed by atoms with Crippen molar-refractivity contribution in [1.29, 1.82) is 0 Å². The van der Waals surface area contributed by atoms with E-state index in [-0.39, 0.29) is 13.2 Å². The van der Waals surface area contributed by atoms with E-state index < -0.39 is 17.8 Å². The lowest BCUT2D eigenvalue weighted by Gasteiger charge is -2.15. The third kappa shape index (κ3) is 4.62. The van der Waals surface area contributed by atoms with E-state index in [1.54, 1.807) is 24.3 Å². The van der Waals surface area contributed by atoms with Crippen molar-refractivity contribution in [2.45, 2.75) is 0 Å². The molecule has 1 N–H and O–H groups in total. The molecule has 0 saturated heterocycles. The van der Waals surface area contributed by atoms with E-state index in [0.717, 1.165) is 16.7 Å². The number of amides is 2. The first-order valence-corrected chi connectivity index (χ1v) is 10.2. The molecule has 0 aliphatic carbocycles. The minimum Gasteiger partial charge on any atom is -0.460 e. The van der Waals surface area contributed by atoms with Gasteiger partial charge in [-0.05, 0) is 29.8 Å². The summed E-state index contributed by atoms with van der Waals surface area (Å²) in [5.74, 6) is -1.11. The van der Waals surface area contributed by atoms with Gasteiger partial charge in [0, 0.05) is 12.9 Å². The van der Waals surface area contributed by atoms with Gasteiger partial charge in [0.05, 0.1) is 34.9 Å². The normalized spacial score (nSPS) is 13.9. The summed E-state index contributed by atoms with van der Waals surface area (Å²) in [5, 5.41) is 9.17. The molecular formula is C22H21NO6S. The number of benzene rings is 2. The van der Waals surface area contributed by atoms with Gasteiger partial charge < -0.3 is 14.6 Å². The van der Waals surface area contributed by atoms with Gasteiger partial charge in [-0.1, -0.05) is 30.3 Å². The van der Waals surface area contributed by atoms with Crippen LogP contribution in [0.4, 0.5) is 5.69 Å². The molecule has 0 aromatic heterocycles. The number of aliphatic hydroxyl groups is 1. The molecule has 2 aromatic carbocycles. The third-order valence-electron chi connectivity index (χ3n) is 4.32. The number of esters is 1. The molecular weight excluding hydrogens is 406 g/mol. The van der Waals surface area contributed by atoms with Crippen molar-refractivity contribution in [3.05, 3.63) is 70.6 Å². The van der Waals surface area contributed by atoms with Crippen molar-refractivity contribution in [2.75, 3.05) is 37.6 Å². The predicted molar refractivity (Wildman–Crippen MR) is 114 cm³/mol. The Balaban J connectivity index is 1.86. The molecule has 0 fully saturated rings. The van der Waals surface area contributed by atoms with Gasteiger partial charge in [-0.2, -0.15) is 0 Å². The van der Waals surface area contributed by atoms with E-state index in [1.165, 1.54) is 31.4 Å². The molecule has 2 aromatic rings. The van der Waals surface area contributed by atoms with E-state index in [2.05, 4.69) is 0 Å². The Bertz CT molecular complexity index is 955. The van der Waals surface area contributed by atoms with Gasteiger partial charge in [0.2, 0.25) is 0 Å². The van der Waals surface area contributed by atoms with Gasteiger partial charge in [-0.25, -0.2) is 9.69 Å². The van der Waals surface area contributed by atoms with Crippen LogP contribution in [0.5, 0.6) is 0 Å². The highest BCUT2D eigenvalue weighted by atomic mass is 32.2. The smallest absolute Gasteiger partial charge is 0.338 e. The Kier molecular flexibility index (Phi) is 7.40. The van der Waals surface area contributed by atoms with Crippen molar-refractivity contribution in [2.24, 2.45) is 0 Å². The number of nitrogens with zero attached hydrogens (tertiary/aromatic N) is 1. The summed E-state index contributed by atoms with van der Waals surface area (Å²) in [6, 6.07) is 15.0. The number of methoxy groups -OCH3 is 1. The van der Waals surface area contributed by atoms with Crippen molar-refractivity contribution in [3.8, 4) is 0 Å². The van der Waals surface area contributed by atoms with Crippen LogP contribution in [0, 0.1) is 0 Å². The van der Waals surface area contributed by atoms with Gasteiger partial charge in [0.15, 0.2) is 0 Å². The Labute approximate surface area is 178 Å². The molecule has 0 unspecified atom stereocenters. The SMILES string of the molecule is COCCOC(=O)c1ccc(N2C(=O)C(SCCO)=C(c3ccccc3)C2=O)cc1. The summed E-state index contributed by atoms with van der Waals surface area (Å²) in [5.41, 5.74) is 1.60. The molecule has 8 heteroatoms. The molecule has 2 amide bonds. The Morgan fingerprint density at radius 1 is 1.00 bits per heavy atom. The Morgan fingerprint density at radius 3 is 2.33 bits per heavy atom. The predicted octanol–water partition coefficient (Wildman–Crippen LogP) is 2.50. The molecule has 30 heavy (non-hydrogen) atoms. The zero-order valence-electron chi connectivity index (χ0n) is 16.4. The van der Waals surface area contributed by atoms with Crippen LogP contribution in [0.3, 0.4) is 0 Å². The molecule has 0 atom stereocenters. The van der Waals surface area contributed by atoms with Crippen LogP contribution in [-0.2, 0) is 19.1 Å². The summed E-state index contributed by atoms with van der Waals surface area (Å²) in [6.45, 7) is 0.316. The number of carbonyl (C=O) groups excluding carboxylic acids is 3. The summed E-state index contributed by atoms with van der Waals surface area (Å²) < 4.78 is 9.91. The summed E-state index contributed by atoms with van der Waals surface area (Å²) in [4.78, 5) is 39.6. The second-order valence-electron chi connectivity index (χ2n) is 6.26. The van der Waals surface area contributed by atoms with Crippen LogP contribution >= 0.6 is 11.8 Å². The van der Waals surface area contributed by atoms with Crippen molar-refractivity contribution < 1.29 is 29.0 Å². The maximum Gasteiger partial charge on any atom is 0.338 e. The third-order valence-corrected chi connectivity index (χ3v) is 5.38. The van der Waals surface area contributed by atoms with Crippen LogP contribution in [0.15, 0.2) is 59.5 Å². The highest BCUT2D eigenvalue weighted by Gasteiger charge is 2.40. The second-order valence-corrected chi connectivity index (χ2v) is 7.37. The molecule has 1 heterocycles. The van der Waals surface area contributed by atoms with Crippen LogP contribution in [-0.4, -0.2) is 55.6 Å². The van der Waals surface area contributed by atoms with Crippen molar-refractivity contribution in [3.63, 3.8) is 0 Å². The Hall–Kier alpha value is -2.94. The molecule has 7 nitrogen and oxygen atoms in total. The molecule has 0 bridgehead atoms. The van der Waals surface area contributed by atoms with Crippen LogP contribution < -0.4 is 4.90 Å². The molecule has 0 spiro atoms. The number of hydrogen-bond donors (Lipinski definition) is 1. The van der Waals surface area contributed by atoms with Gasteiger partial charge >= 0.3 is 5.97 Å². The zero-order valence-corrected chi connectivity index (χ0v) is 17.2. The molecule has 1 aliphatic heterocycles. The average molecular weight is 427 g/mol. The highest BCUT2D eigenvalue weighted by molar-refractivity contribution is 8.04. The highest BCUT2D eigenvalue weighted by Crippen LogP contribution is 2.38. The Morgan fingerprint density at radius 2 is 1.70 bits per heavy atom. The first kappa shape index (κ1) is 21.8. The maximum absolute atomic E-state index is 13.1. The van der Waals surface area contributed by atoms with Crippen LogP contribution in [0.25, 0.3) is 5.57 Å². The lowest BCUT2D eigenvalue weighted by molar-refractivity contribution is -0.119. The van der Waals surface area contributed by atoms with Crippen LogP contribution in [0.1, 0.15) is 15.9 Å². The van der Waals surface area contributed by atoms with Crippen LogP contribution in [0.2, 0.25) is 0 Å².